The number of hydrogen-bond acceptors (Lipinski definition) is 10. The van der Waals surface area contributed by atoms with E-state index in [4.69, 9.17) is 21.2 Å². The van der Waals surface area contributed by atoms with Crippen LogP contribution in [0.3, 0.4) is 0 Å². The van der Waals surface area contributed by atoms with Gasteiger partial charge in [-0.25, -0.2) is 10.5 Å². The fraction of sp³-hybridized carbons (Fsp3) is 0.250. The summed E-state index contributed by atoms with van der Waals surface area (Å²) in [6.45, 7) is 0.211. The van der Waals surface area contributed by atoms with Crippen molar-refractivity contribution >= 4 is 41.1 Å². The number of amides is 2. The Balaban J connectivity index is 1.23. The first-order valence-corrected chi connectivity index (χ1v) is 16.7. The third-order valence-electron chi connectivity index (χ3n) is 8.33. The maximum absolute atomic E-state index is 13.5. The second-order valence-corrected chi connectivity index (χ2v) is 12.3. The number of esters is 1. The van der Waals surface area contributed by atoms with E-state index >= 15 is 0 Å². The summed E-state index contributed by atoms with van der Waals surface area (Å²) in [5.74, 6) is -0.479. The summed E-state index contributed by atoms with van der Waals surface area (Å²) in [5, 5.41) is 18.3. The van der Waals surface area contributed by atoms with Crippen LogP contribution in [-0.4, -0.2) is 61.1 Å². The summed E-state index contributed by atoms with van der Waals surface area (Å²) in [4.78, 5) is 52.5. The molecule has 2 aromatic heterocycles. The standard InChI is InChI=1S/C36H36ClN9O5/c1-50-34(48)18-24-11-14-27-30(17-24)40-29(36(49)43-51-21-23-7-3-2-4-8-23)10-6-5-9-28(35-38-20-31(27)42-35)41-33(47)16-12-25-19-26(37)13-15-32(25)46-22-39-44-45-46/h2-4,7-8,11-17,19-20,22,28-29,40H,5-6,9-10,18,21H2,1H3,(H,38,42)(H,41,47)(H,43,49)/b16-12+/t28-,29+/m0/s1. The summed E-state index contributed by atoms with van der Waals surface area (Å²) < 4.78 is 6.36. The number of aromatic nitrogens is 6. The molecule has 6 rings (SSSR count). The highest BCUT2D eigenvalue weighted by molar-refractivity contribution is 6.30. The molecule has 2 atom stereocenters. The van der Waals surface area contributed by atoms with E-state index in [2.05, 4.69) is 41.6 Å². The van der Waals surface area contributed by atoms with E-state index in [1.54, 1.807) is 30.5 Å². The molecule has 0 saturated heterocycles. The number of ether oxygens (including phenoxy) is 1. The highest BCUT2D eigenvalue weighted by Gasteiger charge is 2.24. The topological polar surface area (TPSA) is 178 Å². The van der Waals surface area contributed by atoms with E-state index in [0.717, 1.165) is 11.1 Å². The Morgan fingerprint density at radius 1 is 1.04 bits per heavy atom. The Kier molecular flexibility index (Phi) is 11.5. The number of rotatable bonds is 10. The van der Waals surface area contributed by atoms with Gasteiger partial charge < -0.3 is 20.4 Å². The normalized spacial score (nSPS) is 15.9. The Morgan fingerprint density at radius 2 is 1.88 bits per heavy atom. The highest BCUT2D eigenvalue weighted by Crippen LogP contribution is 2.32. The van der Waals surface area contributed by atoms with Crippen molar-refractivity contribution in [2.75, 3.05) is 12.4 Å². The lowest BCUT2D eigenvalue weighted by Crippen LogP contribution is -2.39. The molecule has 15 heteroatoms. The van der Waals surface area contributed by atoms with Crippen LogP contribution < -0.4 is 16.1 Å². The lowest BCUT2D eigenvalue weighted by atomic mass is 10.0. The number of anilines is 1. The molecule has 0 fully saturated rings. The van der Waals surface area contributed by atoms with Crippen molar-refractivity contribution in [1.29, 1.82) is 0 Å². The second-order valence-electron chi connectivity index (χ2n) is 11.9. The Hall–Kier alpha value is -5.86. The molecule has 2 bridgehead atoms. The summed E-state index contributed by atoms with van der Waals surface area (Å²) in [7, 11) is 1.34. The lowest BCUT2D eigenvalue weighted by molar-refractivity contribution is -0.139. The average Bonchev–Trinajstić information content (AvgIpc) is 3.85. The predicted octanol–water partition coefficient (Wildman–Crippen LogP) is 4.89. The predicted molar refractivity (Wildman–Crippen MR) is 189 cm³/mol. The number of benzene rings is 3. The fourth-order valence-corrected chi connectivity index (χ4v) is 5.92. The number of carbonyl (C=O) groups excluding carboxylic acids is 3. The van der Waals surface area contributed by atoms with Gasteiger partial charge in [-0.05, 0) is 64.7 Å². The summed E-state index contributed by atoms with van der Waals surface area (Å²) in [5.41, 5.74) is 7.54. The van der Waals surface area contributed by atoms with Gasteiger partial charge in [0.25, 0.3) is 5.91 Å². The molecule has 14 nitrogen and oxygen atoms in total. The van der Waals surface area contributed by atoms with Crippen LogP contribution in [0.25, 0.3) is 23.0 Å². The maximum Gasteiger partial charge on any atom is 0.309 e. The zero-order valence-electron chi connectivity index (χ0n) is 27.7. The minimum Gasteiger partial charge on any atom is -0.469 e. The minimum absolute atomic E-state index is 0.0603. The van der Waals surface area contributed by atoms with Gasteiger partial charge in [0, 0.05) is 27.9 Å². The monoisotopic (exact) mass is 709 g/mol. The Morgan fingerprint density at radius 3 is 2.69 bits per heavy atom. The second kappa shape index (κ2) is 16.7. The van der Waals surface area contributed by atoms with E-state index in [1.165, 1.54) is 24.2 Å². The molecular weight excluding hydrogens is 674 g/mol. The molecule has 1 aliphatic rings. The van der Waals surface area contributed by atoms with Gasteiger partial charge in [0.15, 0.2) is 0 Å². The van der Waals surface area contributed by atoms with Crippen molar-refractivity contribution in [2.45, 2.75) is 50.8 Å². The Labute approximate surface area is 298 Å². The quantitative estimate of drug-likeness (QED) is 0.0886. The van der Waals surface area contributed by atoms with Gasteiger partial charge in [-0.15, -0.1) is 5.10 Å². The molecule has 51 heavy (non-hydrogen) atoms. The summed E-state index contributed by atoms with van der Waals surface area (Å²) in [6.07, 6.45) is 8.63. The first-order valence-electron chi connectivity index (χ1n) is 16.3. The number of nitrogens with zero attached hydrogens (tertiary/aromatic N) is 5. The lowest BCUT2D eigenvalue weighted by Gasteiger charge is -2.23. The van der Waals surface area contributed by atoms with E-state index in [0.29, 0.717) is 64.7 Å². The molecule has 3 heterocycles. The minimum atomic E-state index is -0.669. The molecule has 5 aromatic rings. The summed E-state index contributed by atoms with van der Waals surface area (Å²) >= 11 is 6.25. The van der Waals surface area contributed by atoms with Crippen LogP contribution >= 0.6 is 11.6 Å². The van der Waals surface area contributed by atoms with E-state index < -0.39 is 12.1 Å². The number of imidazole rings is 1. The number of aromatic amines is 1. The molecule has 1 aliphatic heterocycles. The van der Waals surface area contributed by atoms with Crippen molar-refractivity contribution in [3.05, 3.63) is 113 Å². The van der Waals surface area contributed by atoms with E-state index in [-0.39, 0.29) is 30.8 Å². The first-order chi connectivity index (χ1) is 24.9. The number of hydrogen-bond donors (Lipinski definition) is 4. The number of H-pyrrole nitrogens is 1. The molecule has 262 valence electrons. The van der Waals surface area contributed by atoms with Gasteiger partial charge in [-0.1, -0.05) is 66.9 Å². The number of halogens is 1. The van der Waals surface area contributed by atoms with Crippen molar-refractivity contribution < 1.29 is 24.0 Å². The van der Waals surface area contributed by atoms with E-state index in [1.807, 2.05) is 48.5 Å². The van der Waals surface area contributed by atoms with Crippen molar-refractivity contribution in [2.24, 2.45) is 0 Å². The molecule has 3 aromatic carbocycles. The maximum atomic E-state index is 13.5. The number of nitrogens with one attached hydrogen (secondary N) is 4. The van der Waals surface area contributed by atoms with Gasteiger partial charge in [0.05, 0.1) is 43.8 Å². The molecule has 4 N–H and O–H groups in total. The average molecular weight is 710 g/mol. The van der Waals surface area contributed by atoms with Gasteiger partial charge in [-0.3, -0.25) is 19.2 Å². The van der Waals surface area contributed by atoms with Gasteiger partial charge in [0.2, 0.25) is 5.91 Å². The molecule has 0 radical (unpaired) electrons. The first kappa shape index (κ1) is 35.0. The molecule has 0 saturated carbocycles. The molecular formula is C36H36ClN9O5. The van der Waals surface area contributed by atoms with E-state index in [9.17, 15) is 14.4 Å². The van der Waals surface area contributed by atoms with Crippen molar-refractivity contribution in [1.82, 2.24) is 41.0 Å². The molecule has 0 aliphatic carbocycles. The van der Waals surface area contributed by atoms with Gasteiger partial charge in [0.1, 0.15) is 18.2 Å². The zero-order chi connectivity index (χ0) is 35.6. The summed E-state index contributed by atoms with van der Waals surface area (Å²) in [6, 6.07) is 19.1. The fourth-order valence-electron chi connectivity index (χ4n) is 5.74. The number of tetrazole rings is 1. The van der Waals surface area contributed by atoms with Crippen LogP contribution in [0.15, 0.2) is 85.3 Å². The van der Waals surface area contributed by atoms with Crippen LogP contribution in [0, 0.1) is 0 Å². The van der Waals surface area contributed by atoms with Crippen molar-refractivity contribution in [3.63, 3.8) is 0 Å². The van der Waals surface area contributed by atoms with Crippen LogP contribution in [-0.2, 0) is 37.0 Å². The number of hydroxylamine groups is 1. The highest BCUT2D eigenvalue weighted by atomic mass is 35.5. The van der Waals surface area contributed by atoms with Gasteiger partial charge in [-0.2, -0.15) is 4.68 Å². The molecule has 0 spiro atoms. The van der Waals surface area contributed by atoms with Crippen LogP contribution in [0.5, 0.6) is 0 Å². The zero-order valence-corrected chi connectivity index (χ0v) is 28.5. The largest absolute Gasteiger partial charge is 0.469 e. The molecule has 2 amide bonds. The SMILES string of the molecule is COC(=O)Cc1ccc2c(c1)N[C@@H](C(=O)NOCc1ccccc1)CCCC[C@H](NC(=O)/C=C/c1cc(Cl)ccc1-n1cnnn1)c1ncc-2[nH]1. The van der Waals surface area contributed by atoms with Gasteiger partial charge >= 0.3 is 5.97 Å². The number of methoxy groups -OCH3 is 1. The smallest absolute Gasteiger partial charge is 0.309 e. The molecule has 0 unspecified atom stereocenters. The number of carbonyl (C=O) groups is 3. The van der Waals surface area contributed by atoms with Crippen LogP contribution in [0.1, 0.15) is 54.2 Å². The third-order valence-corrected chi connectivity index (χ3v) is 8.56. The van der Waals surface area contributed by atoms with Crippen LogP contribution in [0.4, 0.5) is 5.69 Å². The number of fused-ring (bicyclic) bond motifs is 4. The third kappa shape index (κ3) is 9.23. The van der Waals surface area contributed by atoms with Crippen molar-refractivity contribution in [3.8, 4) is 16.9 Å². The van der Waals surface area contributed by atoms with Crippen LogP contribution in [0.2, 0.25) is 5.02 Å². The Bertz CT molecular complexity index is 2000.